The number of benzene rings is 1. The van der Waals surface area contributed by atoms with E-state index in [4.69, 9.17) is 34.0 Å². The van der Waals surface area contributed by atoms with Gasteiger partial charge in [-0.3, -0.25) is 9.58 Å². The van der Waals surface area contributed by atoms with Crippen molar-refractivity contribution in [3.8, 4) is 34.1 Å². The van der Waals surface area contributed by atoms with E-state index in [0.717, 1.165) is 50.7 Å². The van der Waals surface area contributed by atoms with Gasteiger partial charge in [0, 0.05) is 56.6 Å². The fourth-order valence-corrected chi connectivity index (χ4v) is 5.31. The number of anilines is 1. The van der Waals surface area contributed by atoms with Crippen LogP contribution in [0.2, 0.25) is 0 Å². The lowest BCUT2D eigenvalue weighted by Gasteiger charge is -2.29. The fourth-order valence-electron chi connectivity index (χ4n) is 5.31. The van der Waals surface area contributed by atoms with Crippen LogP contribution in [0.1, 0.15) is 5.69 Å². The largest absolute Gasteiger partial charge is 0.494 e. The van der Waals surface area contributed by atoms with E-state index in [1.807, 2.05) is 22.7 Å². The average Bonchev–Trinajstić information content (AvgIpc) is 3.40. The summed E-state index contributed by atoms with van der Waals surface area (Å²) in [7, 11) is 2.63. The molecular formula is C29H33F2N7O4. The summed E-state index contributed by atoms with van der Waals surface area (Å²) in [5.74, 6) is -1.03. The van der Waals surface area contributed by atoms with Gasteiger partial charge in [-0.2, -0.15) is 5.10 Å². The number of rotatable bonds is 8. The Morgan fingerprint density at radius 1 is 0.881 bits per heavy atom. The zero-order valence-corrected chi connectivity index (χ0v) is 23.9. The lowest BCUT2D eigenvalue weighted by molar-refractivity contribution is 0.0359. The summed E-state index contributed by atoms with van der Waals surface area (Å²) in [4.78, 5) is 18.7. The molecule has 0 aliphatic carbocycles. The van der Waals surface area contributed by atoms with E-state index < -0.39 is 11.6 Å². The molecule has 2 fully saturated rings. The van der Waals surface area contributed by atoms with Crippen LogP contribution in [0.4, 0.5) is 14.6 Å². The van der Waals surface area contributed by atoms with Gasteiger partial charge in [-0.1, -0.05) is 0 Å². The SMILES string of the molecule is COc1cc(OC)c(F)c(-c2cc3cnc(-c4cn(CCN5CCOCC5)nc4C)nc3c(N3CCOCC3)n2)c1F. The molecule has 11 nitrogen and oxygen atoms in total. The zero-order valence-electron chi connectivity index (χ0n) is 23.9. The van der Waals surface area contributed by atoms with Crippen molar-refractivity contribution in [2.24, 2.45) is 0 Å². The molecule has 6 rings (SSSR count). The predicted molar refractivity (Wildman–Crippen MR) is 152 cm³/mol. The van der Waals surface area contributed by atoms with E-state index in [9.17, 15) is 0 Å². The van der Waals surface area contributed by atoms with Crippen molar-refractivity contribution < 1.29 is 27.7 Å². The lowest BCUT2D eigenvalue weighted by Crippen LogP contribution is -2.38. The van der Waals surface area contributed by atoms with E-state index in [-0.39, 0.29) is 22.8 Å². The van der Waals surface area contributed by atoms with Crippen LogP contribution in [0.25, 0.3) is 33.5 Å². The zero-order chi connectivity index (χ0) is 29.2. The number of aromatic nitrogens is 5. The highest BCUT2D eigenvalue weighted by molar-refractivity contribution is 5.92. The Bertz CT molecular complexity index is 1560. The number of methoxy groups -OCH3 is 2. The molecule has 2 aliphatic heterocycles. The Morgan fingerprint density at radius 3 is 2.21 bits per heavy atom. The van der Waals surface area contributed by atoms with Gasteiger partial charge >= 0.3 is 0 Å². The molecule has 0 spiro atoms. The summed E-state index contributed by atoms with van der Waals surface area (Å²) in [6.45, 7) is 8.96. The Morgan fingerprint density at radius 2 is 1.55 bits per heavy atom. The van der Waals surface area contributed by atoms with Gasteiger partial charge in [-0.05, 0) is 13.0 Å². The first-order chi connectivity index (χ1) is 20.5. The third kappa shape index (κ3) is 5.46. The maximum atomic E-state index is 15.5. The van der Waals surface area contributed by atoms with Crippen LogP contribution in [0, 0.1) is 18.6 Å². The number of nitrogens with zero attached hydrogens (tertiary/aromatic N) is 7. The number of pyridine rings is 1. The summed E-state index contributed by atoms with van der Waals surface area (Å²) >= 11 is 0. The molecule has 0 N–H and O–H groups in total. The minimum atomic E-state index is -0.867. The number of hydrogen-bond donors (Lipinski definition) is 0. The molecule has 0 unspecified atom stereocenters. The van der Waals surface area contributed by atoms with E-state index in [1.165, 1.54) is 20.3 Å². The predicted octanol–water partition coefficient (Wildman–Crippen LogP) is 3.33. The molecule has 0 amide bonds. The number of morpholine rings is 2. The summed E-state index contributed by atoms with van der Waals surface area (Å²) in [5, 5.41) is 5.28. The van der Waals surface area contributed by atoms with Gasteiger partial charge in [0.25, 0.3) is 0 Å². The number of hydrogen-bond acceptors (Lipinski definition) is 10. The minimum absolute atomic E-state index is 0.0830. The third-order valence-corrected chi connectivity index (χ3v) is 7.62. The average molecular weight is 582 g/mol. The molecule has 0 bridgehead atoms. The van der Waals surface area contributed by atoms with E-state index in [2.05, 4.69) is 9.88 Å². The highest BCUT2D eigenvalue weighted by Gasteiger charge is 2.26. The Kier molecular flexibility index (Phi) is 8.13. The summed E-state index contributed by atoms with van der Waals surface area (Å²) in [5.41, 5.74) is 1.93. The maximum absolute atomic E-state index is 15.5. The standard InChI is InChI=1S/C29H33F2N7O4/c1-18-20(17-38(35-18)5-4-36-6-10-41-11-7-36)28-32-16-19-14-21(24-25(30)22(39-2)15-23(40-3)26(24)31)33-29(27(19)34-28)37-8-12-42-13-9-37/h14-17H,4-13H2,1-3H3. The normalized spacial score (nSPS) is 16.3. The second-order valence-corrected chi connectivity index (χ2v) is 10.2. The quantitative estimate of drug-likeness (QED) is 0.308. The molecule has 222 valence electrons. The smallest absolute Gasteiger partial charge is 0.177 e. The number of ether oxygens (including phenoxy) is 4. The minimum Gasteiger partial charge on any atom is -0.494 e. The molecule has 5 heterocycles. The van der Waals surface area contributed by atoms with Crippen molar-refractivity contribution in [3.05, 3.63) is 41.9 Å². The first kappa shape index (κ1) is 28.2. The van der Waals surface area contributed by atoms with Gasteiger partial charge in [0.1, 0.15) is 5.52 Å². The molecule has 1 aromatic carbocycles. The molecule has 2 aliphatic rings. The van der Waals surface area contributed by atoms with Crippen molar-refractivity contribution in [2.75, 3.05) is 78.3 Å². The molecular weight excluding hydrogens is 548 g/mol. The van der Waals surface area contributed by atoms with Crippen LogP contribution < -0.4 is 14.4 Å². The molecule has 0 radical (unpaired) electrons. The van der Waals surface area contributed by atoms with E-state index >= 15 is 8.78 Å². The number of halogens is 2. The number of fused-ring (bicyclic) bond motifs is 1. The van der Waals surface area contributed by atoms with Crippen LogP contribution in [-0.4, -0.2) is 103 Å². The van der Waals surface area contributed by atoms with Crippen molar-refractivity contribution in [2.45, 2.75) is 13.5 Å². The van der Waals surface area contributed by atoms with Crippen LogP contribution in [0.3, 0.4) is 0 Å². The maximum Gasteiger partial charge on any atom is 0.177 e. The van der Waals surface area contributed by atoms with Gasteiger partial charge in [-0.25, -0.2) is 23.7 Å². The lowest BCUT2D eigenvalue weighted by atomic mass is 10.1. The highest BCUT2D eigenvalue weighted by atomic mass is 19.1. The van der Waals surface area contributed by atoms with Crippen LogP contribution in [0.15, 0.2) is 24.5 Å². The Balaban J connectivity index is 1.42. The molecule has 4 aromatic rings. The molecule has 13 heteroatoms. The van der Waals surface area contributed by atoms with Crippen molar-refractivity contribution in [1.29, 1.82) is 0 Å². The van der Waals surface area contributed by atoms with Crippen LogP contribution in [0.5, 0.6) is 11.5 Å². The van der Waals surface area contributed by atoms with E-state index in [1.54, 1.807) is 12.3 Å². The topological polar surface area (TPSA) is 99.9 Å². The molecule has 0 atom stereocenters. The first-order valence-electron chi connectivity index (χ1n) is 13.9. The number of aryl methyl sites for hydroxylation is 1. The first-order valence-corrected chi connectivity index (χ1v) is 13.9. The van der Waals surface area contributed by atoms with Gasteiger partial charge in [0.2, 0.25) is 0 Å². The van der Waals surface area contributed by atoms with Crippen molar-refractivity contribution in [3.63, 3.8) is 0 Å². The molecule has 42 heavy (non-hydrogen) atoms. The van der Waals surface area contributed by atoms with Crippen LogP contribution >= 0.6 is 0 Å². The van der Waals surface area contributed by atoms with Gasteiger partial charge < -0.3 is 23.8 Å². The summed E-state index contributed by atoms with van der Waals surface area (Å²) in [6.07, 6.45) is 3.62. The monoisotopic (exact) mass is 581 g/mol. The Hall–Kier alpha value is -3.94. The Labute approximate surface area is 242 Å². The molecule has 3 aromatic heterocycles. The second-order valence-electron chi connectivity index (χ2n) is 10.2. The summed E-state index contributed by atoms with van der Waals surface area (Å²) < 4.78 is 54.2. The molecule has 2 saturated heterocycles. The summed E-state index contributed by atoms with van der Waals surface area (Å²) in [6, 6.07) is 2.76. The van der Waals surface area contributed by atoms with Crippen LogP contribution in [-0.2, 0) is 16.0 Å². The van der Waals surface area contributed by atoms with Gasteiger partial charge in [0.05, 0.1) is 69.7 Å². The van der Waals surface area contributed by atoms with Crippen molar-refractivity contribution >= 4 is 16.7 Å². The highest BCUT2D eigenvalue weighted by Crippen LogP contribution is 2.39. The third-order valence-electron chi connectivity index (χ3n) is 7.62. The molecule has 0 saturated carbocycles. The van der Waals surface area contributed by atoms with Crippen molar-refractivity contribution in [1.82, 2.24) is 29.6 Å². The van der Waals surface area contributed by atoms with Gasteiger partial charge in [-0.15, -0.1) is 0 Å². The second kappa shape index (κ2) is 12.1. The fraction of sp³-hybridized carbons (Fsp3) is 0.448. The van der Waals surface area contributed by atoms with E-state index in [0.29, 0.717) is 48.8 Å². The van der Waals surface area contributed by atoms with Gasteiger partial charge in [0.15, 0.2) is 34.8 Å².